The molecule has 0 aliphatic heterocycles. The number of hydrogen-bond acceptors (Lipinski definition) is 2. The van der Waals surface area contributed by atoms with Crippen LogP contribution in [0.15, 0.2) is 109 Å². The quantitative estimate of drug-likeness (QED) is 0.187. The second kappa shape index (κ2) is 12.9. The van der Waals surface area contributed by atoms with Crippen molar-refractivity contribution in [2.24, 2.45) is 0 Å². The number of aromatic nitrogens is 2. The highest BCUT2D eigenvalue weighted by Gasteiger charge is 2.10. The number of unbranched alkanes of at least 4 members (excludes halogenated alkanes) is 2. The summed E-state index contributed by atoms with van der Waals surface area (Å²) >= 11 is 0. The van der Waals surface area contributed by atoms with Crippen molar-refractivity contribution in [3.05, 3.63) is 126 Å². The molecule has 4 heteroatoms. The van der Waals surface area contributed by atoms with Crippen LogP contribution in [0, 0.1) is 0 Å². The number of imidazole rings is 1. The molecule has 192 valence electrons. The molecule has 4 nitrogen and oxygen atoms in total. The lowest BCUT2D eigenvalue weighted by atomic mass is 10.0. The SMILES string of the molecule is O=C(Cc1ccc(-c2ccccc2)cc1)NCCCCCc1nc2ccccc2n1CCc1ccccc1. The minimum absolute atomic E-state index is 0.0835. The molecule has 1 aromatic heterocycles. The standard InChI is InChI=1S/C34H35N3O/c38-34(26-28-19-21-30(22-20-28)29-14-6-2-7-15-29)35-24-11-3-8-18-33-36-31-16-9-10-17-32(31)37(33)25-23-27-12-4-1-5-13-27/h1-2,4-7,9-10,12-17,19-22H,3,8,11,18,23-26H2,(H,35,38). The van der Waals surface area contributed by atoms with E-state index >= 15 is 0 Å². The highest BCUT2D eigenvalue weighted by atomic mass is 16.1. The van der Waals surface area contributed by atoms with Gasteiger partial charge >= 0.3 is 0 Å². The van der Waals surface area contributed by atoms with Crippen LogP contribution in [-0.2, 0) is 30.6 Å². The van der Waals surface area contributed by atoms with Crippen molar-refractivity contribution in [3.8, 4) is 11.1 Å². The first-order valence-corrected chi connectivity index (χ1v) is 13.7. The summed E-state index contributed by atoms with van der Waals surface area (Å²) in [4.78, 5) is 17.4. The lowest BCUT2D eigenvalue weighted by Gasteiger charge is -2.10. The summed E-state index contributed by atoms with van der Waals surface area (Å²) in [5.74, 6) is 1.24. The Hall–Kier alpha value is -4.18. The molecule has 0 aliphatic rings. The average molecular weight is 502 g/mol. The van der Waals surface area contributed by atoms with Crippen LogP contribution in [0.1, 0.15) is 36.2 Å². The molecule has 1 heterocycles. The van der Waals surface area contributed by atoms with Gasteiger partial charge in [0, 0.05) is 19.5 Å². The van der Waals surface area contributed by atoms with Gasteiger partial charge in [0.2, 0.25) is 5.91 Å². The molecule has 1 amide bonds. The number of para-hydroxylation sites is 2. The molecular formula is C34H35N3O. The summed E-state index contributed by atoms with van der Waals surface area (Å²) in [6, 6.07) is 37.6. The fourth-order valence-electron chi connectivity index (χ4n) is 4.96. The number of aryl methyl sites for hydroxylation is 3. The normalized spacial score (nSPS) is 11.1. The maximum absolute atomic E-state index is 12.4. The molecule has 5 rings (SSSR count). The molecule has 0 aliphatic carbocycles. The molecule has 38 heavy (non-hydrogen) atoms. The Morgan fingerprint density at radius 1 is 0.658 bits per heavy atom. The second-order valence-electron chi connectivity index (χ2n) is 9.80. The van der Waals surface area contributed by atoms with Crippen molar-refractivity contribution < 1.29 is 4.79 Å². The van der Waals surface area contributed by atoms with Crippen LogP contribution in [0.3, 0.4) is 0 Å². The molecule has 0 spiro atoms. The molecule has 0 fully saturated rings. The van der Waals surface area contributed by atoms with Crippen molar-refractivity contribution in [2.75, 3.05) is 6.54 Å². The second-order valence-corrected chi connectivity index (χ2v) is 9.80. The van der Waals surface area contributed by atoms with Gasteiger partial charge in [-0.1, -0.05) is 103 Å². The third kappa shape index (κ3) is 6.77. The first kappa shape index (κ1) is 25.5. The van der Waals surface area contributed by atoms with E-state index in [4.69, 9.17) is 4.98 Å². The van der Waals surface area contributed by atoms with Gasteiger partial charge in [-0.3, -0.25) is 4.79 Å². The molecule has 1 N–H and O–H groups in total. The number of nitrogens with zero attached hydrogens (tertiary/aromatic N) is 2. The number of benzene rings is 4. The van der Waals surface area contributed by atoms with E-state index < -0.39 is 0 Å². The molecule has 5 aromatic rings. The van der Waals surface area contributed by atoms with E-state index in [-0.39, 0.29) is 5.91 Å². The summed E-state index contributed by atoms with van der Waals surface area (Å²) in [5.41, 5.74) is 7.02. The lowest BCUT2D eigenvalue weighted by molar-refractivity contribution is -0.120. The van der Waals surface area contributed by atoms with Gasteiger partial charge in [0.15, 0.2) is 0 Å². The monoisotopic (exact) mass is 501 g/mol. The number of nitrogens with one attached hydrogen (secondary N) is 1. The number of amides is 1. The zero-order valence-electron chi connectivity index (χ0n) is 21.9. The van der Waals surface area contributed by atoms with E-state index in [1.807, 2.05) is 30.3 Å². The fraction of sp³-hybridized carbons (Fsp3) is 0.235. The maximum Gasteiger partial charge on any atom is 0.224 e. The van der Waals surface area contributed by atoms with Crippen LogP contribution < -0.4 is 5.32 Å². The maximum atomic E-state index is 12.4. The van der Waals surface area contributed by atoms with E-state index in [1.165, 1.54) is 22.2 Å². The van der Waals surface area contributed by atoms with E-state index in [0.29, 0.717) is 13.0 Å². The van der Waals surface area contributed by atoms with Crippen molar-refractivity contribution in [2.45, 2.75) is 45.1 Å². The lowest BCUT2D eigenvalue weighted by Crippen LogP contribution is -2.26. The molecule has 0 bridgehead atoms. The van der Waals surface area contributed by atoms with Crippen molar-refractivity contribution in [3.63, 3.8) is 0 Å². The van der Waals surface area contributed by atoms with Gasteiger partial charge in [-0.05, 0) is 53.6 Å². The van der Waals surface area contributed by atoms with Crippen molar-refractivity contribution >= 4 is 16.9 Å². The third-order valence-corrected chi connectivity index (χ3v) is 7.03. The molecule has 0 unspecified atom stereocenters. The van der Waals surface area contributed by atoms with Crippen LogP contribution >= 0.6 is 0 Å². The Morgan fingerprint density at radius 2 is 1.34 bits per heavy atom. The molecule has 0 saturated carbocycles. The number of hydrogen-bond donors (Lipinski definition) is 1. The number of carbonyl (C=O) groups is 1. The Bertz CT molecular complexity index is 1440. The zero-order chi connectivity index (χ0) is 26.0. The highest BCUT2D eigenvalue weighted by Crippen LogP contribution is 2.20. The predicted molar refractivity (Wildman–Crippen MR) is 156 cm³/mol. The summed E-state index contributed by atoms with van der Waals surface area (Å²) in [6.07, 6.45) is 5.46. The van der Waals surface area contributed by atoms with Gasteiger partial charge in [-0.15, -0.1) is 0 Å². The largest absolute Gasteiger partial charge is 0.356 e. The van der Waals surface area contributed by atoms with Crippen LogP contribution in [0.25, 0.3) is 22.2 Å². The number of rotatable bonds is 12. The summed E-state index contributed by atoms with van der Waals surface area (Å²) in [7, 11) is 0. The van der Waals surface area contributed by atoms with E-state index in [9.17, 15) is 4.79 Å². The van der Waals surface area contributed by atoms with Gasteiger partial charge < -0.3 is 9.88 Å². The Morgan fingerprint density at radius 3 is 2.13 bits per heavy atom. The first-order chi connectivity index (χ1) is 18.8. The topological polar surface area (TPSA) is 46.9 Å². The molecule has 4 aromatic carbocycles. The molecule has 0 radical (unpaired) electrons. The van der Waals surface area contributed by atoms with E-state index in [0.717, 1.165) is 55.6 Å². The van der Waals surface area contributed by atoms with Crippen LogP contribution in [-0.4, -0.2) is 22.0 Å². The van der Waals surface area contributed by atoms with Crippen molar-refractivity contribution in [1.82, 2.24) is 14.9 Å². The predicted octanol–water partition coefficient (Wildman–Crippen LogP) is 7.02. The first-order valence-electron chi connectivity index (χ1n) is 13.7. The third-order valence-electron chi connectivity index (χ3n) is 7.03. The van der Waals surface area contributed by atoms with Crippen LogP contribution in [0.2, 0.25) is 0 Å². The molecular weight excluding hydrogens is 466 g/mol. The van der Waals surface area contributed by atoms with Gasteiger partial charge in [0.05, 0.1) is 17.5 Å². The van der Waals surface area contributed by atoms with E-state index in [2.05, 4.69) is 88.7 Å². The smallest absolute Gasteiger partial charge is 0.224 e. The minimum atomic E-state index is 0.0835. The minimum Gasteiger partial charge on any atom is -0.356 e. The van der Waals surface area contributed by atoms with Gasteiger partial charge in [-0.25, -0.2) is 4.98 Å². The van der Waals surface area contributed by atoms with Crippen LogP contribution in [0.4, 0.5) is 0 Å². The highest BCUT2D eigenvalue weighted by molar-refractivity contribution is 5.79. The van der Waals surface area contributed by atoms with Gasteiger partial charge in [0.1, 0.15) is 5.82 Å². The summed E-state index contributed by atoms with van der Waals surface area (Å²) in [5, 5.41) is 3.09. The van der Waals surface area contributed by atoms with Crippen molar-refractivity contribution in [1.29, 1.82) is 0 Å². The van der Waals surface area contributed by atoms with Crippen LogP contribution in [0.5, 0.6) is 0 Å². The summed E-state index contributed by atoms with van der Waals surface area (Å²) in [6.45, 7) is 1.65. The number of carbonyl (C=O) groups excluding carboxylic acids is 1. The van der Waals surface area contributed by atoms with E-state index in [1.54, 1.807) is 0 Å². The number of fused-ring (bicyclic) bond motifs is 1. The van der Waals surface area contributed by atoms with Gasteiger partial charge in [-0.2, -0.15) is 0 Å². The average Bonchev–Trinajstić information content (AvgIpc) is 3.32. The Balaban J connectivity index is 1.06. The zero-order valence-corrected chi connectivity index (χ0v) is 21.9. The molecule has 0 atom stereocenters. The Kier molecular flexibility index (Phi) is 8.62. The summed E-state index contributed by atoms with van der Waals surface area (Å²) < 4.78 is 2.38. The molecule has 0 saturated heterocycles. The Labute approximate surface area is 225 Å². The fourth-order valence-corrected chi connectivity index (χ4v) is 4.96. The van der Waals surface area contributed by atoms with Gasteiger partial charge in [0.25, 0.3) is 0 Å².